The fraction of sp³-hybridized carbons (Fsp3) is 0.400. The van der Waals surface area contributed by atoms with Crippen LogP contribution in [0.1, 0.15) is 54.6 Å². The lowest BCUT2D eigenvalue weighted by Gasteiger charge is -2.26. The number of carbonyl (C=O) groups excluding carboxylic acids is 2. The van der Waals surface area contributed by atoms with Crippen LogP contribution in [0.5, 0.6) is 0 Å². The average molecular weight is 497 g/mol. The standard InChI is InChI=1S/C25H29ClN6O3/c1-16-12-14-32(35)23(26)21(16)18-9-10-20(27-15-18)29-25(34)22(17-7-5-3-4-6-8-17)30-24(33)19-11-13-28-31(19)2/h9-15,17,22H,3-8H2,1-2H3,(H,30,33)(H,27,29,34)/t22-/m0/s1. The van der Waals surface area contributed by atoms with E-state index in [2.05, 4.69) is 20.7 Å². The Morgan fingerprint density at radius 2 is 1.91 bits per heavy atom. The van der Waals surface area contributed by atoms with Gasteiger partial charge in [-0.05, 0) is 61.0 Å². The van der Waals surface area contributed by atoms with Gasteiger partial charge in [-0.1, -0.05) is 25.7 Å². The molecule has 9 nitrogen and oxygen atoms in total. The van der Waals surface area contributed by atoms with Gasteiger partial charge in [0.15, 0.2) is 6.20 Å². The van der Waals surface area contributed by atoms with Gasteiger partial charge in [0.25, 0.3) is 11.1 Å². The monoisotopic (exact) mass is 496 g/mol. The molecule has 184 valence electrons. The third kappa shape index (κ3) is 5.62. The molecule has 4 rings (SSSR count). The van der Waals surface area contributed by atoms with Gasteiger partial charge in [0.05, 0.1) is 5.56 Å². The maximum absolute atomic E-state index is 13.4. The largest absolute Gasteiger partial charge is 0.618 e. The van der Waals surface area contributed by atoms with Crippen molar-refractivity contribution in [2.45, 2.75) is 51.5 Å². The maximum Gasteiger partial charge on any atom is 0.294 e. The molecule has 1 aliphatic rings. The second-order valence-corrected chi connectivity index (χ2v) is 9.31. The number of pyridine rings is 2. The van der Waals surface area contributed by atoms with Crippen LogP contribution in [0.15, 0.2) is 42.9 Å². The molecule has 1 aliphatic carbocycles. The highest BCUT2D eigenvalue weighted by molar-refractivity contribution is 6.31. The van der Waals surface area contributed by atoms with E-state index in [-0.39, 0.29) is 22.9 Å². The van der Waals surface area contributed by atoms with Gasteiger partial charge in [-0.2, -0.15) is 9.83 Å². The van der Waals surface area contributed by atoms with Crippen molar-refractivity contribution in [3.8, 4) is 11.1 Å². The van der Waals surface area contributed by atoms with Crippen LogP contribution in [-0.4, -0.2) is 32.6 Å². The normalized spacial score (nSPS) is 15.3. The SMILES string of the molecule is Cc1cc[n+]([O-])c(Cl)c1-c1ccc(NC(=O)[C@@H](NC(=O)c2ccnn2C)C2CCCCCC2)nc1. The van der Waals surface area contributed by atoms with Crippen LogP contribution in [0.25, 0.3) is 11.1 Å². The number of hydrogen-bond donors (Lipinski definition) is 2. The lowest BCUT2D eigenvalue weighted by molar-refractivity contribution is -0.602. The molecule has 3 heterocycles. The number of carbonyl (C=O) groups is 2. The van der Waals surface area contributed by atoms with E-state index in [1.54, 1.807) is 43.7 Å². The van der Waals surface area contributed by atoms with Crippen molar-refractivity contribution in [2.75, 3.05) is 5.32 Å². The molecule has 1 saturated carbocycles. The molecule has 3 aromatic rings. The number of amides is 2. The Morgan fingerprint density at radius 3 is 2.54 bits per heavy atom. The van der Waals surface area contributed by atoms with Gasteiger partial charge >= 0.3 is 0 Å². The lowest BCUT2D eigenvalue weighted by atomic mass is 9.91. The smallest absolute Gasteiger partial charge is 0.294 e. The summed E-state index contributed by atoms with van der Waals surface area (Å²) in [7, 11) is 1.69. The van der Waals surface area contributed by atoms with Crippen LogP contribution in [0.4, 0.5) is 5.82 Å². The molecule has 2 N–H and O–H groups in total. The van der Waals surface area contributed by atoms with Gasteiger partial charge in [0.2, 0.25) is 5.91 Å². The molecule has 1 fully saturated rings. The highest BCUT2D eigenvalue weighted by Gasteiger charge is 2.31. The van der Waals surface area contributed by atoms with Gasteiger partial charge in [0.1, 0.15) is 17.6 Å². The Kier molecular flexibility index (Phi) is 7.65. The third-order valence-electron chi connectivity index (χ3n) is 6.55. The van der Waals surface area contributed by atoms with Crippen LogP contribution in [-0.2, 0) is 11.8 Å². The van der Waals surface area contributed by atoms with Crippen molar-refractivity contribution in [1.29, 1.82) is 0 Å². The van der Waals surface area contributed by atoms with Crippen molar-refractivity contribution in [2.24, 2.45) is 13.0 Å². The molecule has 0 bridgehead atoms. The number of halogens is 1. The topological polar surface area (TPSA) is 116 Å². The molecule has 1 atom stereocenters. The van der Waals surface area contributed by atoms with Crippen molar-refractivity contribution in [3.63, 3.8) is 0 Å². The van der Waals surface area contributed by atoms with E-state index >= 15 is 0 Å². The Balaban J connectivity index is 1.54. The van der Waals surface area contributed by atoms with E-state index in [1.807, 2.05) is 6.92 Å². The van der Waals surface area contributed by atoms with Crippen molar-refractivity contribution >= 4 is 29.2 Å². The molecular weight excluding hydrogens is 468 g/mol. The first-order valence-corrected chi connectivity index (χ1v) is 12.2. The Hall–Kier alpha value is -3.46. The van der Waals surface area contributed by atoms with Crippen molar-refractivity contribution < 1.29 is 14.3 Å². The second kappa shape index (κ2) is 10.9. The van der Waals surface area contributed by atoms with E-state index in [4.69, 9.17) is 11.6 Å². The molecule has 0 spiro atoms. The highest BCUT2D eigenvalue weighted by atomic mass is 35.5. The zero-order valence-corrected chi connectivity index (χ0v) is 20.6. The number of anilines is 1. The maximum atomic E-state index is 13.4. The molecular formula is C25H29ClN6O3. The summed E-state index contributed by atoms with van der Waals surface area (Å²) in [6, 6.07) is 6.04. The predicted molar refractivity (Wildman–Crippen MR) is 133 cm³/mol. The molecule has 0 radical (unpaired) electrons. The molecule has 0 unspecified atom stereocenters. The highest BCUT2D eigenvalue weighted by Crippen LogP contribution is 2.29. The van der Waals surface area contributed by atoms with E-state index in [1.165, 1.54) is 10.9 Å². The minimum Gasteiger partial charge on any atom is -0.618 e. The van der Waals surface area contributed by atoms with Crippen LogP contribution >= 0.6 is 11.6 Å². The lowest BCUT2D eigenvalue weighted by Crippen LogP contribution is -2.49. The van der Waals surface area contributed by atoms with Crippen molar-refractivity contribution in [1.82, 2.24) is 20.1 Å². The summed E-state index contributed by atoms with van der Waals surface area (Å²) in [6.07, 6.45) is 10.5. The van der Waals surface area contributed by atoms with Crippen molar-refractivity contribution in [3.05, 3.63) is 64.5 Å². The van der Waals surface area contributed by atoms with Gasteiger partial charge < -0.3 is 15.8 Å². The Morgan fingerprint density at radius 1 is 1.17 bits per heavy atom. The summed E-state index contributed by atoms with van der Waals surface area (Å²) in [5.74, 6) is -0.254. The number of aryl methyl sites for hydroxylation is 2. The zero-order valence-electron chi connectivity index (χ0n) is 19.8. The number of nitrogens with one attached hydrogen (secondary N) is 2. The molecule has 10 heteroatoms. The molecule has 0 aromatic carbocycles. The summed E-state index contributed by atoms with van der Waals surface area (Å²) in [5, 5.41) is 21.8. The zero-order chi connectivity index (χ0) is 24.9. The summed E-state index contributed by atoms with van der Waals surface area (Å²) in [6.45, 7) is 1.86. The van der Waals surface area contributed by atoms with E-state index in [0.29, 0.717) is 27.4 Å². The van der Waals surface area contributed by atoms with Crippen LogP contribution in [0.2, 0.25) is 5.15 Å². The summed E-state index contributed by atoms with van der Waals surface area (Å²) >= 11 is 6.21. The minimum absolute atomic E-state index is 0.0345. The third-order valence-corrected chi connectivity index (χ3v) is 6.91. The summed E-state index contributed by atoms with van der Waals surface area (Å²) in [5.41, 5.74) is 2.49. The first-order valence-electron chi connectivity index (χ1n) is 11.8. The fourth-order valence-electron chi connectivity index (χ4n) is 4.62. The molecule has 3 aromatic heterocycles. The van der Waals surface area contributed by atoms with Crippen LogP contribution in [0.3, 0.4) is 0 Å². The predicted octanol–water partition coefficient (Wildman–Crippen LogP) is 3.78. The van der Waals surface area contributed by atoms with Gasteiger partial charge in [-0.3, -0.25) is 14.3 Å². The molecule has 0 saturated heterocycles. The second-order valence-electron chi connectivity index (χ2n) is 8.95. The first kappa shape index (κ1) is 24.7. The number of aromatic nitrogens is 4. The van der Waals surface area contributed by atoms with Gasteiger partial charge in [0, 0.05) is 31.1 Å². The number of hydrogen-bond acceptors (Lipinski definition) is 5. The number of rotatable bonds is 6. The Labute approximate surface area is 209 Å². The van der Waals surface area contributed by atoms with E-state index < -0.39 is 6.04 Å². The average Bonchev–Trinajstić information content (AvgIpc) is 3.10. The van der Waals surface area contributed by atoms with E-state index in [9.17, 15) is 14.8 Å². The molecule has 0 aliphatic heterocycles. The quantitative estimate of drug-likeness (QED) is 0.233. The molecule has 35 heavy (non-hydrogen) atoms. The minimum atomic E-state index is -0.692. The fourth-order valence-corrected chi connectivity index (χ4v) is 4.94. The number of nitrogens with zero attached hydrogens (tertiary/aromatic N) is 4. The van der Waals surface area contributed by atoms with Gasteiger partial charge in [-0.15, -0.1) is 0 Å². The van der Waals surface area contributed by atoms with Gasteiger partial charge in [-0.25, -0.2) is 4.98 Å². The first-order chi connectivity index (χ1) is 16.8. The molecule has 2 amide bonds. The van der Waals surface area contributed by atoms with Crippen LogP contribution in [0, 0.1) is 18.0 Å². The summed E-state index contributed by atoms with van der Waals surface area (Å²) in [4.78, 5) is 30.6. The summed E-state index contributed by atoms with van der Waals surface area (Å²) < 4.78 is 2.09. The Bertz CT molecular complexity index is 1200. The van der Waals surface area contributed by atoms with E-state index in [0.717, 1.165) is 44.1 Å². The van der Waals surface area contributed by atoms with Crippen LogP contribution < -0.4 is 15.4 Å².